The van der Waals surface area contributed by atoms with Crippen molar-refractivity contribution < 1.29 is 9.53 Å². The molecule has 0 amide bonds. The first-order valence-electron chi connectivity index (χ1n) is 8.34. The average Bonchev–Trinajstić information content (AvgIpc) is 2.77. The Morgan fingerprint density at radius 1 is 1.11 bits per heavy atom. The van der Waals surface area contributed by atoms with Crippen LogP contribution in [0.2, 0.25) is 10.0 Å². The van der Waals surface area contributed by atoms with E-state index in [0.29, 0.717) is 32.6 Å². The molecule has 0 radical (unpaired) electrons. The highest BCUT2D eigenvalue weighted by Crippen LogP contribution is 2.33. The van der Waals surface area contributed by atoms with Gasteiger partial charge in [-0.25, -0.2) is 4.99 Å². The van der Waals surface area contributed by atoms with Crippen molar-refractivity contribution in [2.24, 2.45) is 4.99 Å². The van der Waals surface area contributed by atoms with Crippen LogP contribution in [0.3, 0.4) is 0 Å². The van der Waals surface area contributed by atoms with E-state index in [1.54, 1.807) is 41.1 Å². The van der Waals surface area contributed by atoms with Crippen molar-refractivity contribution in [3.05, 3.63) is 92.1 Å². The van der Waals surface area contributed by atoms with Gasteiger partial charge in [0.25, 0.3) is 11.8 Å². The van der Waals surface area contributed by atoms with Crippen molar-refractivity contribution in [1.29, 1.82) is 0 Å². The van der Waals surface area contributed by atoms with Crippen LogP contribution in [0.15, 0.2) is 64.5 Å². The molecule has 1 atom stereocenters. The van der Waals surface area contributed by atoms with E-state index in [1.807, 2.05) is 12.1 Å². The molecule has 1 aliphatic heterocycles. The number of halogens is 2. The number of fused-ring (bicyclic) bond motifs is 3. The van der Waals surface area contributed by atoms with Gasteiger partial charge in [0.15, 0.2) is 5.82 Å². The Labute approximate surface area is 170 Å². The lowest BCUT2D eigenvalue weighted by Gasteiger charge is -2.15. The van der Waals surface area contributed by atoms with Crippen LogP contribution >= 0.6 is 23.2 Å². The molecule has 1 aromatic heterocycles. The van der Waals surface area contributed by atoms with E-state index in [9.17, 15) is 9.59 Å². The molecule has 0 saturated heterocycles. The predicted octanol–water partition coefficient (Wildman–Crippen LogP) is 3.95. The van der Waals surface area contributed by atoms with Crippen molar-refractivity contribution in [2.75, 3.05) is 0 Å². The largest absolute Gasteiger partial charge is 0.432 e. The van der Waals surface area contributed by atoms with Gasteiger partial charge in [-0.05, 0) is 24.3 Å². The molecule has 28 heavy (non-hydrogen) atoms. The lowest BCUT2D eigenvalue weighted by Crippen LogP contribution is -2.19. The Hall–Kier alpha value is -2.96. The zero-order valence-corrected chi connectivity index (χ0v) is 16.1. The van der Waals surface area contributed by atoms with Gasteiger partial charge in [0.05, 0.1) is 11.4 Å². The van der Waals surface area contributed by atoms with E-state index in [4.69, 9.17) is 27.9 Å². The summed E-state index contributed by atoms with van der Waals surface area (Å²) in [4.78, 5) is 32.3. The number of rotatable bonds is 2. The first-order valence-corrected chi connectivity index (χ1v) is 9.09. The van der Waals surface area contributed by atoms with Crippen molar-refractivity contribution in [3.8, 4) is 5.69 Å². The minimum atomic E-state index is -1.12. The summed E-state index contributed by atoms with van der Waals surface area (Å²) >= 11 is 12.7. The second kappa shape index (κ2) is 7.22. The fourth-order valence-corrected chi connectivity index (χ4v) is 3.45. The molecule has 2 heterocycles. The van der Waals surface area contributed by atoms with Crippen molar-refractivity contribution in [1.82, 2.24) is 9.55 Å². The van der Waals surface area contributed by atoms with Gasteiger partial charge in [0.2, 0.25) is 0 Å². The van der Waals surface area contributed by atoms with Crippen molar-refractivity contribution in [3.63, 3.8) is 0 Å². The van der Waals surface area contributed by atoms with Crippen molar-refractivity contribution >= 4 is 34.9 Å². The van der Waals surface area contributed by atoms with E-state index in [-0.39, 0.29) is 5.82 Å². The molecule has 2 aromatic carbocycles. The summed E-state index contributed by atoms with van der Waals surface area (Å²) in [5.41, 5.74) is 2.00. The number of carbonyl (C=O) groups is 1. The van der Waals surface area contributed by atoms with Gasteiger partial charge >= 0.3 is 5.97 Å². The molecule has 0 spiro atoms. The van der Waals surface area contributed by atoms with E-state index in [2.05, 4.69) is 9.98 Å². The van der Waals surface area contributed by atoms with Crippen LogP contribution in [0.4, 0.5) is 0 Å². The fraction of sp³-hybridized carbons (Fsp3) is 0.100. The topological polar surface area (TPSA) is 73.5 Å². The third-order valence-corrected chi connectivity index (χ3v) is 4.75. The van der Waals surface area contributed by atoms with Gasteiger partial charge in [-0.2, -0.15) is 4.98 Å². The molecule has 1 unspecified atom stereocenters. The molecular formula is C20H13Cl2N3O3. The SMILES string of the molecule is CC(=O)OC1N=C(c2ccccc2Cl)c2cc(Cl)ccc2-n2ccc(=O)nc21. The summed E-state index contributed by atoms with van der Waals surface area (Å²) in [5.74, 6) is -0.366. The normalized spacial score (nSPS) is 15.1. The standard InChI is InChI=1S/C20H13Cl2N3O3/c1-11(26)28-20-19-23-17(27)8-9-25(19)16-7-6-12(21)10-14(16)18(24-20)13-4-2-3-5-15(13)22/h2-10,20H,1H3. The molecule has 140 valence electrons. The summed E-state index contributed by atoms with van der Waals surface area (Å²) in [5, 5.41) is 0.974. The third kappa shape index (κ3) is 3.32. The Kier molecular flexibility index (Phi) is 4.75. The average molecular weight is 414 g/mol. The highest BCUT2D eigenvalue weighted by molar-refractivity contribution is 6.36. The number of hydrogen-bond acceptors (Lipinski definition) is 5. The zero-order chi connectivity index (χ0) is 19.8. The number of carbonyl (C=O) groups excluding carboxylic acids is 1. The number of hydrogen-bond donors (Lipinski definition) is 0. The zero-order valence-electron chi connectivity index (χ0n) is 14.6. The maximum atomic E-state index is 11.9. The lowest BCUT2D eigenvalue weighted by molar-refractivity contribution is -0.146. The summed E-state index contributed by atoms with van der Waals surface area (Å²) in [7, 11) is 0. The van der Waals surface area contributed by atoms with Crippen LogP contribution in [0.25, 0.3) is 5.69 Å². The maximum Gasteiger partial charge on any atom is 0.304 e. The van der Waals surface area contributed by atoms with E-state index in [1.165, 1.54) is 13.0 Å². The molecule has 0 aliphatic carbocycles. The minimum Gasteiger partial charge on any atom is -0.432 e. The van der Waals surface area contributed by atoms with E-state index >= 15 is 0 Å². The molecule has 0 N–H and O–H groups in total. The molecule has 0 bridgehead atoms. The second-order valence-corrected chi connectivity index (χ2v) is 6.92. The minimum absolute atomic E-state index is 0.188. The molecule has 0 fully saturated rings. The second-order valence-electron chi connectivity index (χ2n) is 6.07. The highest BCUT2D eigenvalue weighted by atomic mass is 35.5. The highest BCUT2D eigenvalue weighted by Gasteiger charge is 2.28. The summed E-state index contributed by atoms with van der Waals surface area (Å²) < 4.78 is 7.04. The fourth-order valence-electron chi connectivity index (χ4n) is 3.05. The molecule has 4 rings (SSSR count). The molecule has 8 heteroatoms. The lowest BCUT2D eigenvalue weighted by atomic mass is 10.0. The molecular weight excluding hydrogens is 401 g/mol. The van der Waals surface area contributed by atoms with Gasteiger partial charge in [0, 0.05) is 40.4 Å². The van der Waals surface area contributed by atoms with Gasteiger partial charge in [-0.3, -0.25) is 14.2 Å². The summed E-state index contributed by atoms with van der Waals surface area (Å²) in [6.45, 7) is 1.27. The Bertz CT molecular complexity index is 1190. The first kappa shape index (κ1) is 18.4. The van der Waals surface area contributed by atoms with Crippen LogP contribution in [-0.2, 0) is 9.53 Å². The quantitative estimate of drug-likeness (QED) is 0.596. The van der Waals surface area contributed by atoms with Crippen LogP contribution in [0.5, 0.6) is 0 Å². The number of esters is 1. The number of ether oxygens (including phenoxy) is 1. The summed E-state index contributed by atoms with van der Waals surface area (Å²) in [6.07, 6.45) is 0.447. The van der Waals surface area contributed by atoms with Gasteiger partial charge in [-0.15, -0.1) is 0 Å². The predicted molar refractivity (Wildman–Crippen MR) is 106 cm³/mol. The summed E-state index contributed by atoms with van der Waals surface area (Å²) in [6, 6.07) is 13.8. The monoisotopic (exact) mass is 413 g/mol. The molecule has 6 nitrogen and oxygen atoms in total. The number of aliphatic imine (C=N–C) groups is 1. The van der Waals surface area contributed by atoms with E-state index < -0.39 is 17.8 Å². The van der Waals surface area contributed by atoms with E-state index in [0.717, 1.165) is 0 Å². The Balaban J connectivity index is 2.08. The first-order chi connectivity index (χ1) is 13.4. The van der Waals surface area contributed by atoms with Gasteiger partial charge in [0.1, 0.15) is 0 Å². The number of benzene rings is 2. The van der Waals surface area contributed by atoms with Crippen LogP contribution in [0.1, 0.15) is 30.1 Å². The third-order valence-electron chi connectivity index (χ3n) is 4.18. The van der Waals surface area contributed by atoms with Crippen molar-refractivity contribution in [2.45, 2.75) is 13.2 Å². The Morgan fingerprint density at radius 3 is 2.64 bits per heavy atom. The maximum absolute atomic E-state index is 11.9. The molecule has 1 aliphatic rings. The van der Waals surface area contributed by atoms with Crippen LogP contribution in [-0.4, -0.2) is 21.2 Å². The van der Waals surface area contributed by atoms with Gasteiger partial charge in [-0.1, -0.05) is 41.4 Å². The number of nitrogens with zero attached hydrogens (tertiary/aromatic N) is 3. The van der Waals surface area contributed by atoms with Crippen LogP contribution < -0.4 is 5.56 Å². The van der Waals surface area contributed by atoms with Crippen LogP contribution in [0, 0.1) is 0 Å². The Morgan fingerprint density at radius 2 is 1.89 bits per heavy atom. The van der Waals surface area contributed by atoms with Gasteiger partial charge < -0.3 is 4.74 Å². The molecule has 0 saturated carbocycles. The smallest absolute Gasteiger partial charge is 0.304 e. The molecule has 3 aromatic rings. The number of aromatic nitrogens is 2.